The van der Waals surface area contributed by atoms with Crippen LogP contribution < -0.4 is 4.74 Å². The van der Waals surface area contributed by atoms with E-state index in [1.165, 1.54) is 6.07 Å². The van der Waals surface area contributed by atoms with Crippen molar-refractivity contribution in [2.75, 3.05) is 13.0 Å². The molecule has 0 N–H and O–H groups in total. The molecule has 0 aliphatic rings. The molecule has 0 fully saturated rings. The Labute approximate surface area is 138 Å². The molecular weight excluding hydrogens is 355 g/mol. The second-order valence-electron chi connectivity index (χ2n) is 5.02. The van der Waals surface area contributed by atoms with Gasteiger partial charge < -0.3 is 4.74 Å². The quantitative estimate of drug-likeness (QED) is 0.631. The Hall–Kier alpha value is -1.06. The second-order valence-corrected chi connectivity index (χ2v) is 6.18. The highest BCUT2D eigenvalue weighted by Gasteiger charge is 2.13. The summed E-state index contributed by atoms with van der Waals surface area (Å²) in [6, 6.07) is 12.6. The van der Waals surface area contributed by atoms with Crippen molar-refractivity contribution in [3.8, 4) is 5.75 Å². The Morgan fingerprint density at radius 2 is 2.00 bits per heavy atom. The lowest BCUT2D eigenvalue weighted by Crippen LogP contribution is -2.11. The maximum atomic E-state index is 13.3. The zero-order valence-electron chi connectivity index (χ0n) is 11.8. The van der Waals surface area contributed by atoms with Gasteiger partial charge in [-0.05, 0) is 60.2 Å². The molecule has 0 aliphatic carbocycles. The SMILES string of the molecule is COc1ccc(Br)c(CC(CCl)Cc2cccc(F)c2)c1. The fourth-order valence-electron chi connectivity index (χ4n) is 2.32. The maximum absolute atomic E-state index is 13.3. The van der Waals surface area contributed by atoms with Crippen LogP contribution in [0.3, 0.4) is 0 Å². The van der Waals surface area contributed by atoms with Gasteiger partial charge in [-0.2, -0.15) is 0 Å². The summed E-state index contributed by atoms with van der Waals surface area (Å²) in [5.74, 6) is 1.40. The van der Waals surface area contributed by atoms with E-state index < -0.39 is 0 Å². The van der Waals surface area contributed by atoms with Crippen LogP contribution in [0.5, 0.6) is 5.75 Å². The minimum absolute atomic E-state index is 0.205. The summed E-state index contributed by atoms with van der Waals surface area (Å²) in [5.41, 5.74) is 2.12. The van der Waals surface area contributed by atoms with Crippen molar-refractivity contribution < 1.29 is 9.13 Å². The van der Waals surface area contributed by atoms with Gasteiger partial charge in [-0.15, -0.1) is 11.6 Å². The van der Waals surface area contributed by atoms with Crippen molar-refractivity contribution in [2.24, 2.45) is 5.92 Å². The molecule has 2 aromatic rings. The van der Waals surface area contributed by atoms with E-state index in [4.69, 9.17) is 16.3 Å². The molecule has 4 heteroatoms. The minimum atomic E-state index is -0.205. The predicted molar refractivity (Wildman–Crippen MR) is 88.7 cm³/mol. The first-order valence-corrected chi connectivity index (χ1v) is 8.08. The molecule has 1 atom stereocenters. The van der Waals surface area contributed by atoms with E-state index in [1.807, 2.05) is 24.3 Å². The van der Waals surface area contributed by atoms with Crippen LogP contribution in [-0.4, -0.2) is 13.0 Å². The number of rotatable bonds is 6. The average Bonchev–Trinajstić information content (AvgIpc) is 2.48. The average molecular weight is 372 g/mol. The molecule has 112 valence electrons. The highest BCUT2D eigenvalue weighted by molar-refractivity contribution is 9.10. The number of benzene rings is 2. The maximum Gasteiger partial charge on any atom is 0.123 e. The van der Waals surface area contributed by atoms with Crippen molar-refractivity contribution in [1.82, 2.24) is 0 Å². The fraction of sp³-hybridized carbons (Fsp3) is 0.294. The van der Waals surface area contributed by atoms with E-state index in [9.17, 15) is 4.39 Å². The molecular formula is C17H17BrClFO. The zero-order chi connectivity index (χ0) is 15.2. The van der Waals surface area contributed by atoms with Crippen LogP contribution in [0.4, 0.5) is 4.39 Å². The van der Waals surface area contributed by atoms with Crippen LogP contribution in [0.1, 0.15) is 11.1 Å². The van der Waals surface area contributed by atoms with Gasteiger partial charge in [0.2, 0.25) is 0 Å². The fourth-order valence-corrected chi connectivity index (χ4v) is 2.95. The molecule has 2 aromatic carbocycles. The molecule has 0 radical (unpaired) electrons. The van der Waals surface area contributed by atoms with Gasteiger partial charge in [-0.1, -0.05) is 28.1 Å². The summed E-state index contributed by atoms with van der Waals surface area (Å²) < 4.78 is 19.5. The number of halogens is 3. The molecule has 0 aliphatic heterocycles. The van der Waals surface area contributed by atoms with Crippen molar-refractivity contribution in [1.29, 1.82) is 0 Å². The summed E-state index contributed by atoms with van der Waals surface area (Å²) in [6.07, 6.45) is 1.57. The molecule has 21 heavy (non-hydrogen) atoms. The summed E-state index contributed by atoms with van der Waals surface area (Å²) in [4.78, 5) is 0. The molecule has 0 spiro atoms. The summed E-state index contributed by atoms with van der Waals surface area (Å²) in [6.45, 7) is 0. The van der Waals surface area contributed by atoms with Crippen molar-refractivity contribution in [3.63, 3.8) is 0 Å². The number of hydrogen-bond donors (Lipinski definition) is 0. The molecule has 0 amide bonds. The third-order valence-electron chi connectivity index (χ3n) is 3.39. The number of alkyl halides is 1. The first kappa shape index (κ1) is 16.3. The lowest BCUT2D eigenvalue weighted by molar-refractivity contribution is 0.413. The van der Waals surface area contributed by atoms with Gasteiger partial charge >= 0.3 is 0 Å². The van der Waals surface area contributed by atoms with E-state index in [0.29, 0.717) is 5.88 Å². The minimum Gasteiger partial charge on any atom is -0.497 e. The van der Waals surface area contributed by atoms with Crippen LogP contribution >= 0.6 is 27.5 Å². The molecule has 1 nitrogen and oxygen atoms in total. The molecule has 2 rings (SSSR count). The van der Waals surface area contributed by atoms with Crippen LogP contribution in [0.15, 0.2) is 46.9 Å². The van der Waals surface area contributed by atoms with E-state index >= 15 is 0 Å². The van der Waals surface area contributed by atoms with Crippen LogP contribution in [-0.2, 0) is 12.8 Å². The van der Waals surface area contributed by atoms with Crippen molar-refractivity contribution in [2.45, 2.75) is 12.8 Å². The monoisotopic (exact) mass is 370 g/mol. The number of ether oxygens (including phenoxy) is 1. The highest BCUT2D eigenvalue weighted by Crippen LogP contribution is 2.26. The van der Waals surface area contributed by atoms with Crippen molar-refractivity contribution >= 4 is 27.5 Å². The third-order valence-corrected chi connectivity index (χ3v) is 4.60. The van der Waals surface area contributed by atoms with Gasteiger partial charge in [0.05, 0.1) is 7.11 Å². The van der Waals surface area contributed by atoms with E-state index in [0.717, 1.165) is 34.2 Å². The normalized spacial score (nSPS) is 12.2. The van der Waals surface area contributed by atoms with Gasteiger partial charge in [0.1, 0.15) is 11.6 Å². The molecule has 0 saturated carbocycles. The Kier molecular flexibility index (Phi) is 6.07. The van der Waals surface area contributed by atoms with Gasteiger partial charge in [0.15, 0.2) is 0 Å². The zero-order valence-corrected chi connectivity index (χ0v) is 14.1. The first-order valence-electron chi connectivity index (χ1n) is 6.75. The third kappa shape index (κ3) is 4.72. The second kappa shape index (κ2) is 7.81. The molecule has 0 aromatic heterocycles. The van der Waals surface area contributed by atoms with Gasteiger partial charge in [-0.3, -0.25) is 0 Å². The van der Waals surface area contributed by atoms with Crippen LogP contribution in [0.25, 0.3) is 0 Å². The molecule has 0 bridgehead atoms. The lowest BCUT2D eigenvalue weighted by atomic mass is 9.94. The Bertz CT molecular complexity index is 603. The Morgan fingerprint density at radius 1 is 1.19 bits per heavy atom. The summed E-state index contributed by atoms with van der Waals surface area (Å²) >= 11 is 9.65. The first-order chi connectivity index (χ1) is 10.1. The van der Waals surface area contributed by atoms with E-state index in [-0.39, 0.29) is 11.7 Å². The van der Waals surface area contributed by atoms with Gasteiger partial charge in [0, 0.05) is 10.4 Å². The topological polar surface area (TPSA) is 9.23 Å². The van der Waals surface area contributed by atoms with Crippen LogP contribution in [0.2, 0.25) is 0 Å². The Morgan fingerprint density at radius 3 is 2.67 bits per heavy atom. The highest BCUT2D eigenvalue weighted by atomic mass is 79.9. The van der Waals surface area contributed by atoms with Gasteiger partial charge in [0.25, 0.3) is 0 Å². The van der Waals surface area contributed by atoms with Crippen LogP contribution in [0, 0.1) is 11.7 Å². The standard InChI is InChI=1S/C17H17BrClFO/c1-21-16-5-6-17(18)14(10-16)8-13(11-19)7-12-3-2-4-15(20)9-12/h2-6,9-10,13H,7-8,11H2,1H3. The van der Waals surface area contributed by atoms with Crippen molar-refractivity contribution in [3.05, 3.63) is 63.9 Å². The predicted octanol–water partition coefficient (Wildman–Crippen LogP) is 5.24. The van der Waals surface area contributed by atoms with E-state index in [1.54, 1.807) is 19.2 Å². The van der Waals surface area contributed by atoms with E-state index in [2.05, 4.69) is 15.9 Å². The Balaban J connectivity index is 2.12. The molecule has 1 unspecified atom stereocenters. The number of methoxy groups -OCH3 is 1. The molecule has 0 heterocycles. The van der Waals surface area contributed by atoms with Gasteiger partial charge in [-0.25, -0.2) is 4.39 Å². The molecule has 0 saturated heterocycles. The largest absolute Gasteiger partial charge is 0.497 e. The smallest absolute Gasteiger partial charge is 0.123 e. The number of hydrogen-bond acceptors (Lipinski definition) is 1. The lowest BCUT2D eigenvalue weighted by Gasteiger charge is -2.16. The summed E-state index contributed by atoms with van der Waals surface area (Å²) in [7, 11) is 1.65. The summed E-state index contributed by atoms with van der Waals surface area (Å²) in [5, 5.41) is 0.